The van der Waals surface area contributed by atoms with Crippen molar-refractivity contribution >= 4 is 5.91 Å². The number of fused-ring (bicyclic) bond motifs is 1. The van der Waals surface area contributed by atoms with Crippen LogP contribution in [0.4, 0.5) is 0 Å². The number of amides is 1. The molecule has 0 spiro atoms. The van der Waals surface area contributed by atoms with Gasteiger partial charge in [0.25, 0.3) is 0 Å². The Morgan fingerprint density at radius 3 is 2.65 bits per heavy atom. The number of benzene rings is 1. The van der Waals surface area contributed by atoms with Crippen molar-refractivity contribution in [2.75, 3.05) is 27.4 Å². The zero-order chi connectivity index (χ0) is 16.2. The molecule has 1 saturated carbocycles. The second kappa shape index (κ2) is 7.21. The molecule has 23 heavy (non-hydrogen) atoms. The van der Waals surface area contributed by atoms with Crippen LogP contribution >= 0.6 is 0 Å². The fourth-order valence-corrected chi connectivity index (χ4v) is 3.42. The van der Waals surface area contributed by atoms with Crippen molar-refractivity contribution < 1.29 is 14.3 Å². The van der Waals surface area contributed by atoms with Crippen molar-refractivity contribution in [1.82, 2.24) is 9.80 Å². The molecular formula is C18H26N2O3. The van der Waals surface area contributed by atoms with Crippen molar-refractivity contribution in [3.05, 3.63) is 23.8 Å². The number of hydrogen-bond acceptors (Lipinski definition) is 4. The first-order valence-corrected chi connectivity index (χ1v) is 8.46. The molecule has 0 bridgehead atoms. The Hall–Kier alpha value is -1.75. The van der Waals surface area contributed by atoms with Gasteiger partial charge >= 0.3 is 0 Å². The molecule has 0 atom stereocenters. The number of carbonyl (C=O) groups excluding carboxylic acids is 1. The summed E-state index contributed by atoms with van der Waals surface area (Å²) in [7, 11) is 3.93. The van der Waals surface area contributed by atoms with Gasteiger partial charge < -0.3 is 14.4 Å². The lowest BCUT2D eigenvalue weighted by Crippen LogP contribution is -2.43. The van der Waals surface area contributed by atoms with Gasteiger partial charge in [0.15, 0.2) is 11.5 Å². The Morgan fingerprint density at radius 2 is 1.87 bits per heavy atom. The van der Waals surface area contributed by atoms with E-state index in [-0.39, 0.29) is 5.91 Å². The van der Waals surface area contributed by atoms with Crippen LogP contribution in [0, 0.1) is 0 Å². The Labute approximate surface area is 138 Å². The van der Waals surface area contributed by atoms with Gasteiger partial charge in [0, 0.05) is 19.6 Å². The highest BCUT2D eigenvalue weighted by atomic mass is 16.7. The molecule has 0 aromatic heterocycles. The summed E-state index contributed by atoms with van der Waals surface area (Å²) >= 11 is 0. The SMILES string of the molecule is CN(CC(=O)N(C)C1CCCCC1)Cc1ccc2c(c1)OCO2. The minimum absolute atomic E-state index is 0.208. The summed E-state index contributed by atoms with van der Waals surface area (Å²) < 4.78 is 10.7. The van der Waals surface area contributed by atoms with Crippen LogP contribution < -0.4 is 9.47 Å². The standard InChI is InChI=1S/C18H26N2O3/c1-19(11-14-8-9-16-17(10-14)23-13-22-16)12-18(21)20(2)15-6-4-3-5-7-15/h8-10,15H,3-7,11-13H2,1-2H3. The lowest BCUT2D eigenvalue weighted by Gasteiger charge is -2.32. The normalized spacial score (nSPS) is 17.5. The first-order valence-electron chi connectivity index (χ1n) is 8.46. The number of ether oxygens (including phenoxy) is 2. The van der Waals surface area contributed by atoms with Crippen LogP contribution in [0.3, 0.4) is 0 Å². The molecule has 0 saturated heterocycles. The minimum atomic E-state index is 0.208. The summed E-state index contributed by atoms with van der Waals surface area (Å²) in [5, 5.41) is 0. The van der Waals surface area contributed by atoms with Gasteiger partial charge in [0.2, 0.25) is 12.7 Å². The molecule has 1 fully saturated rings. The third-order valence-electron chi connectivity index (χ3n) is 4.81. The van der Waals surface area contributed by atoms with E-state index < -0.39 is 0 Å². The molecule has 5 nitrogen and oxygen atoms in total. The summed E-state index contributed by atoms with van der Waals surface area (Å²) in [6, 6.07) is 6.38. The van der Waals surface area contributed by atoms with Gasteiger partial charge in [-0.3, -0.25) is 9.69 Å². The van der Waals surface area contributed by atoms with E-state index >= 15 is 0 Å². The summed E-state index contributed by atoms with van der Waals surface area (Å²) in [4.78, 5) is 16.5. The second-order valence-corrected chi connectivity index (χ2v) is 6.66. The highest BCUT2D eigenvalue weighted by Gasteiger charge is 2.23. The number of rotatable bonds is 5. The van der Waals surface area contributed by atoms with E-state index in [1.54, 1.807) is 0 Å². The van der Waals surface area contributed by atoms with E-state index in [1.807, 2.05) is 37.2 Å². The van der Waals surface area contributed by atoms with E-state index in [9.17, 15) is 4.79 Å². The highest BCUT2D eigenvalue weighted by Crippen LogP contribution is 2.32. The molecule has 1 aliphatic carbocycles. The zero-order valence-electron chi connectivity index (χ0n) is 14.1. The molecule has 1 aromatic carbocycles. The highest BCUT2D eigenvalue weighted by molar-refractivity contribution is 5.78. The van der Waals surface area contributed by atoms with Gasteiger partial charge in [-0.15, -0.1) is 0 Å². The summed E-state index contributed by atoms with van der Waals surface area (Å²) in [6.45, 7) is 1.46. The van der Waals surface area contributed by atoms with Crippen molar-refractivity contribution in [3.8, 4) is 11.5 Å². The van der Waals surface area contributed by atoms with E-state index in [2.05, 4.69) is 4.90 Å². The van der Waals surface area contributed by atoms with Crippen molar-refractivity contribution in [1.29, 1.82) is 0 Å². The Balaban J connectivity index is 1.52. The third-order valence-corrected chi connectivity index (χ3v) is 4.81. The Bertz CT molecular complexity index is 555. The third kappa shape index (κ3) is 3.96. The quantitative estimate of drug-likeness (QED) is 0.837. The maximum Gasteiger partial charge on any atom is 0.236 e. The molecule has 3 rings (SSSR count). The van der Waals surface area contributed by atoms with Gasteiger partial charge in [-0.25, -0.2) is 0 Å². The number of nitrogens with zero attached hydrogens (tertiary/aromatic N) is 2. The van der Waals surface area contributed by atoms with Gasteiger partial charge in [0.1, 0.15) is 0 Å². The fourth-order valence-electron chi connectivity index (χ4n) is 3.42. The average molecular weight is 318 g/mol. The molecule has 126 valence electrons. The summed E-state index contributed by atoms with van der Waals surface area (Å²) in [5.74, 6) is 1.80. The number of carbonyl (C=O) groups is 1. The lowest BCUT2D eigenvalue weighted by molar-refractivity contribution is -0.133. The van der Waals surface area contributed by atoms with E-state index in [0.717, 1.165) is 36.4 Å². The van der Waals surface area contributed by atoms with Gasteiger partial charge in [-0.2, -0.15) is 0 Å². The topological polar surface area (TPSA) is 42.0 Å². The second-order valence-electron chi connectivity index (χ2n) is 6.66. The first kappa shape index (κ1) is 16.1. The molecular weight excluding hydrogens is 292 g/mol. The minimum Gasteiger partial charge on any atom is -0.454 e. The van der Waals surface area contributed by atoms with Gasteiger partial charge in [-0.05, 0) is 37.6 Å². The van der Waals surface area contributed by atoms with Crippen LogP contribution in [0.2, 0.25) is 0 Å². The fraction of sp³-hybridized carbons (Fsp3) is 0.611. The van der Waals surface area contributed by atoms with Crippen LogP contribution in [0.1, 0.15) is 37.7 Å². The zero-order valence-corrected chi connectivity index (χ0v) is 14.1. The van der Waals surface area contributed by atoms with Crippen molar-refractivity contribution in [2.24, 2.45) is 0 Å². The number of likely N-dealkylation sites (N-methyl/N-ethyl adjacent to an activating group) is 2. The first-order chi connectivity index (χ1) is 11.1. The van der Waals surface area contributed by atoms with Crippen LogP contribution in [0.25, 0.3) is 0 Å². The molecule has 0 N–H and O–H groups in total. The Kier molecular flexibility index (Phi) is 5.06. The molecule has 1 aromatic rings. The van der Waals surface area contributed by atoms with E-state index in [1.165, 1.54) is 19.3 Å². The molecule has 1 amide bonds. The largest absolute Gasteiger partial charge is 0.454 e. The molecule has 5 heteroatoms. The maximum absolute atomic E-state index is 12.5. The molecule has 1 aliphatic heterocycles. The number of hydrogen-bond donors (Lipinski definition) is 0. The lowest BCUT2D eigenvalue weighted by atomic mass is 9.94. The van der Waals surface area contributed by atoms with Crippen molar-refractivity contribution in [3.63, 3.8) is 0 Å². The molecule has 1 heterocycles. The summed E-state index contributed by atoms with van der Waals surface area (Å²) in [6.07, 6.45) is 6.09. The monoisotopic (exact) mass is 318 g/mol. The molecule has 0 unspecified atom stereocenters. The smallest absolute Gasteiger partial charge is 0.236 e. The van der Waals surface area contributed by atoms with E-state index in [4.69, 9.17) is 9.47 Å². The molecule has 0 radical (unpaired) electrons. The Morgan fingerprint density at radius 1 is 1.13 bits per heavy atom. The predicted molar refractivity (Wildman–Crippen MR) is 88.5 cm³/mol. The van der Waals surface area contributed by atoms with Gasteiger partial charge in [0.05, 0.1) is 6.54 Å². The maximum atomic E-state index is 12.5. The van der Waals surface area contributed by atoms with Gasteiger partial charge in [-0.1, -0.05) is 25.3 Å². The summed E-state index contributed by atoms with van der Waals surface area (Å²) in [5.41, 5.74) is 1.13. The van der Waals surface area contributed by atoms with Crippen LogP contribution in [0.5, 0.6) is 11.5 Å². The van der Waals surface area contributed by atoms with Crippen LogP contribution in [0.15, 0.2) is 18.2 Å². The van der Waals surface area contributed by atoms with Crippen LogP contribution in [-0.2, 0) is 11.3 Å². The van der Waals surface area contributed by atoms with Crippen molar-refractivity contribution in [2.45, 2.75) is 44.7 Å². The van der Waals surface area contributed by atoms with Crippen LogP contribution in [-0.4, -0.2) is 49.2 Å². The average Bonchev–Trinajstić information content (AvgIpc) is 3.02. The molecule has 2 aliphatic rings. The predicted octanol–water partition coefficient (Wildman–Crippen LogP) is 2.64. The van der Waals surface area contributed by atoms with E-state index in [0.29, 0.717) is 19.4 Å².